The number of nitrogens with zero attached hydrogens (tertiary/aromatic N) is 2. The number of hydrogen-bond donors (Lipinski definition) is 2. The van der Waals surface area contributed by atoms with Crippen LogP contribution in [0.15, 0.2) is 30.6 Å². The van der Waals surface area contributed by atoms with E-state index in [1.807, 2.05) is 6.07 Å². The fourth-order valence-electron chi connectivity index (χ4n) is 2.40. The molecule has 0 radical (unpaired) electrons. The van der Waals surface area contributed by atoms with E-state index in [1.165, 1.54) is 19.5 Å². The molecule has 1 saturated carbocycles. The Morgan fingerprint density at radius 3 is 2.83 bits per heavy atom. The maximum Gasteiger partial charge on any atom is 0.258 e. The summed E-state index contributed by atoms with van der Waals surface area (Å²) in [6.45, 7) is 0. The van der Waals surface area contributed by atoms with Crippen LogP contribution in [-0.4, -0.2) is 23.0 Å². The number of nitrogens with one attached hydrogen (secondary N) is 2. The van der Waals surface area contributed by atoms with Gasteiger partial charge in [-0.05, 0) is 30.0 Å². The zero-order chi connectivity index (χ0) is 16.4. The van der Waals surface area contributed by atoms with Gasteiger partial charge < -0.3 is 4.74 Å². The molecular formula is C15H14Cl2N4O2. The van der Waals surface area contributed by atoms with Gasteiger partial charge >= 0.3 is 0 Å². The number of hydrazine groups is 1. The number of rotatable bonds is 5. The molecule has 1 heterocycles. The van der Waals surface area contributed by atoms with Gasteiger partial charge in [0.25, 0.3) is 5.88 Å². The predicted octanol–water partition coefficient (Wildman–Crippen LogP) is 3.04. The lowest BCUT2D eigenvalue weighted by Gasteiger charge is -2.10. The summed E-state index contributed by atoms with van der Waals surface area (Å²) in [6, 6.07) is 5.33. The third-order valence-electron chi connectivity index (χ3n) is 3.65. The Hall–Kier alpha value is -2.05. The molecule has 1 aliphatic rings. The number of carbonyl (C=O) groups is 1. The molecule has 0 saturated heterocycles. The molecule has 120 valence electrons. The molecule has 8 heteroatoms. The van der Waals surface area contributed by atoms with E-state index in [0.29, 0.717) is 21.7 Å². The van der Waals surface area contributed by atoms with Crippen molar-refractivity contribution in [3.8, 4) is 5.88 Å². The van der Waals surface area contributed by atoms with E-state index in [4.69, 9.17) is 27.9 Å². The third kappa shape index (κ3) is 3.48. The van der Waals surface area contributed by atoms with Crippen molar-refractivity contribution in [1.82, 2.24) is 15.4 Å². The molecule has 23 heavy (non-hydrogen) atoms. The molecule has 2 aromatic rings. The highest BCUT2D eigenvalue weighted by molar-refractivity contribution is 6.35. The highest BCUT2D eigenvalue weighted by Crippen LogP contribution is 2.50. The normalized spacial score (nSPS) is 19.1. The Morgan fingerprint density at radius 2 is 2.09 bits per heavy atom. The number of amides is 1. The van der Waals surface area contributed by atoms with E-state index in [1.54, 1.807) is 12.1 Å². The fourth-order valence-corrected chi connectivity index (χ4v) is 2.95. The molecule has 0 bridgehead atoms. The number of methoxy groups -OCH3 is 1. The first-order chi connectivity index (χ1) is 11.1. The van der Waals surface area contributed by atoms with Crippen molar-refractivity contribution in [1.29, 1.82) is 0 Å². The average molecular weight is 353 g/mol. The summed E-state index contributed by atoms with van der Waals surface area (Å²) in [5.74, 6) is 0.494. The second-order valence-electron chi connectivity index (χ2n) is 5.14. The van der Waals surface area contributed by atoms with Crippen LogP contribution in [0.2, 0.25) is 10.0 Å². The zero-order valence-electron chi connectivity index (χ0n) is 12.2. The average Bonchev–Trinajstić information content (AvgIpc) is 3.33. The van der Waals surface area contributed by atoms with Gasteiger partial charge in [-0.2, -0.15) is 0 Å². The van der Waals surface area contributed by atoms with Gasteiger partial charge in [-0.15, -0.1) is 0 Å². The minimum Gasteiger partial charge on any atom is -0.478 e. The van der Waals surface area contributed by atoms with Crippen LogP contribution in [-0.2, 0) is 4.79 Å². The first-order valence-electron chi connectivity index (χ1n) is 6.96. The molecular weight excluding hydrogens is 339 g/mol. The van der Waals surface area contributed by atoms with Crippen molar-refractivity contribution < 1.29 is 9.53 Å². The lowest BCUT2D eigenvalue weighted by molar-refractivity contribution is -0.121. The Kier molecular flexibility index (Phi) is 4.54. The quantitative estimate of drug-likeness (QED) is 0.808. The van der Waals surface area contributed by atoms with Gasteiger partial charge in [0.05, 0.1) is 7.11 Å². The van der Waals surface area contributed by atoms with E-state index >= 15 is 0 Å². The summed E-state index contributed by atoms with van der Waals surface area (Å²) in [5.41, 5.74) is 6.29. The molecule has 1 aromatic heterocycles. The monoisotopic (exact) mass is 352 g/mol. The fraction of sp³-hybridized carbons (Fsp3) is 0.267. The second kappa shape index (κ2) is 6.60. The van der Waals surface area contributed by atoms with Crippen LogP contribution in [0.3, 0.4) is 0 Å². The van der Waals surface area contributed by atoms with Crippen molar-refractivity contribution in [3.63, 3.8) is 0 Å². The molecule has 1 aliphatic carbocycles. The van der Waals surface area contributed by atoms with E-state index in [0.717, 1.165) is 12.0 Å². The van der Waals surface area contributed by atoms with Gasteiger partial charge in [-0.1, -0.05) is 29.3 Å². The molecule has 2 N–H and O–H groups in total. The van der Waals surface area contributed by atoms with E-state index < -0.39 is 0 Å². The van der Waals surface area contributed by atoms with Crippen molar-refractivity contribution in [3.05, 3.63) is 46.2 Å². The lowest BCUT2D eigenvalue weighted by atomic mass is 10.1. The molecule has 0 aliphatic heterocycles. The van der Waals surface area contributed by atoms with Crippen molar-refractivity contribution in [2.75, 3.05) is 12.5 Å². The number of carbonyl (C=O) groups excluding carboxylic acids is 1. The predicted molar refractivity (Wildman–Crippen MR) is 87.7 cm³/mol. The van der Waals surface area contributed by atoms with Crippen molar-refractivity contribution in [2.24, 2.45) is 5.92 Å². The molecule has 3 rings (SSSR count). The maximum absolute atomic E-state index is 12.2. The first-order valence-corrected chi connectivity index (χ1v) is 7.71. The number of hydrogen-bond acceptors (Lipinski definition) is 5. The van der Waals surface area contributed by atoms with Crippen molar-refractivity contribution in [2.45, 2.75) is 12.3 Å². The number of aromatic nitrogens is 2. The van der Waals surface area contributed by atoms with Crippen molar-refractivity contribution >= 4 is 34.9 Å². The molecule has 0 unspecified atom stereocenters. The minimum absolute atomic E-state index is 0.102. The SMILES string of the molecule is COc1nccnc1NNC(=O)[C@H]1C[C@@H]1c1ccc(Cl)cc1Cl. The third-order valence-corrected chi connectivity index (χ3v) is 4.21. The summed E-state index contributed by atoms with van der Waals surface area (Å²) < 4.78 is 5.05. The minimum atomic E-state index is -0.135. The van der Waals surface area contributed by atoms with Gasteiger partial charge in [0, 0.05) is 28.4 Å². The number of benzene rings is 1. The Bertz CT molecular complexity index is 741. The highest BCUT2D eigenvalue weighted by atomic mass is 35.5. The molecule has 1 aromatic carbocycles. The summed E-state index contributed by atoms with van der Waals surface area (Å²) in [4.78, 5) is 20.3. The van der Waals surface area contributed by atoms with Crippen LogP contribution in [0, 0.1) is 5.92 Å². The van der Waals surface area contributed by atoms with Gasteiger partial charge in [-0.25, -0.2) is 9.97 Å². The Morgan fingerprint density at radius 1 is 1.30 bits per heavy atom. The zero-order valence-corrected chi connectivity index (χ0v) is 13.7. The number of halogens is 2. The van der Waals surface area contributed by atoms with E-state index in [-0.39, 0.29) is 17.7 Å². The Balaban J connectivity index is 1.60. The van der Waals surface area contributed by atoms with Crippen LogP contribution in [0.1, 0.15) is 17.9 Å². The standard InChI is InChI=1S/C15H14Cl2N4O2/c1-23-15-13(18-4-5-19-15)20-21-14(22)11-7-10(11)9-3-2-8(16)6-12(9)17/h2-6,10-11H,7H2,1H3,(H,18,20)(H,21,22)/t10-,11+/m1/s1. The molecule has 1 amide bonds. The summed E-state index contributed by atoms with van der Waals surface area (Å²) in [5, 5.41) is 1.16. The summed E-state index contributed by atoms with van der Waals surface area (Å²) in [7, 11) is 1.48. The summed E-state index contributed by atoms with van der Waals surface area (Å²) in [6.07, 6.45) is 3.75. The first kappa shape index (κ1) is 15.8. The molecule has 2 atom stereocenters. The smallest absolute Gasteiger partial charge is 0.258 e. The van der Waals surface area contributed by atoms with Crippen LogP contribution in [0.5, 0.6) is 5.88 Å². The number of anilines is 1. The Labute approximate surface area is 143 Å². The van der Waals surface area contributed by atoms with Gasteiger partial charge in [0.1, 0.15) is 0 Å². The maximum atomic E-state index is 12.2. The topological polar surface area (TPSA) is 76.1 Å². The van der Waals surface area contributed by atoms with Gasteiger partial charge in [0.2, 0.25) is 11.7 Å². The van der Waals surface area contributed by atoms with Crippen LogP contribution < -0.4 is 15.6 Å². The number of ether oxygens (including phenoxy) is 1. The van der Waals surface area contributed by atoms with Gasteiger partial charge in [-0.3, -0.25) is 15.6 Å². The van der Waals surface area contributed by atoms with Crippen LogP contribution in [0.25, 0.3) is 0 Å². The van der Waals surface area contributed by atoms with Gasteiger partial charge in [0.15, 0.2) is 0 Å². The van der Waals surface area contributed by atoms with E-state index in [9.17, 15) is 4.79 Å². The second-order valence-corrected chi connectivity index (χ2v) is 5.99. The molecule has 0 spiro atoms. The van der Waals surface area contributed by atoms with E-state index in [2.05, 4.69) is 20.8 Å². The van der Waals surface area contributed by atoms with Crippen LogP contribution in [0.4, 0.5) is 5.82 Å². The largest absolute Gasteiger partial charge is 0.478 e. The van der Waals surface area contributed by atoms with Crippen LogP contribution >= 0.6 is 23.2 Å². The highest BCUT2D eigenvalue weighted by Gasteiger charge is 2.45. The molecule has 1 fully saturated rings. The molecule has 6 nitrogen and oxygen atoms in total. The summed E-state index contributed by atoms with van der Waals surface area (Å²) >= 11 is 12.1. The lowest BCUT2D eigenvalue weighted by Crippen LogP contribution is -2.31.